The number of rotatable bonds is 6. The average Bonchev–Trinajstić information content (AvgIpc) is 3.03. The summed E-state index contributed by atoms with van der Waals surface area (Å²) in [5.41, 5.74) is 0.00374. The van der Waals surface area contributed by atoms with E-state index in [0.29, 0.717) is 5.56 Å². The van der Waals surface area contributed by atoms with Crippen molar-refractivity contribution in [2.75, 3.05) is 6.61 Å². The van der Waals surface area contributed by atoms with Crippen LogP contribution in [0, 0.1) is 5.41 Å². The molecule has 0 unspecified atom stereocenters. The molecule has 0 radical (unpaired) electrons. The minimum Gasteiger partial charge on any atom is -0.454 e. The van der Waals surface area contributed by atoms with Gasteiger partial charge in [-0.2, -0.15) is 0 Å². The van der Waals surface area contributed by atoms with E-state index in [9.17, 15) is 9.59 Å². The average molecular weight is 348 g/mol. The van der Waals surface area contributed by atoms with Gasteiger partial charge >= 0.3 is 5.97 Å². The minimum absolute atomic E-state index is 0.0884. The number of carbonyl (C=O) groups is 2. The molecule has 0 saturated heterocycles. The van der Waals surface area contributed by atoms with E-state index in [-0.39, 0.29) is 12.4 Å². The van der Waals surface area contributed by atoms with Crippen molar-refractivity contribution in [1.82, 2.24) is 0 Å². The van der Waals surface area contributed by atoms with E-state index in [0.717, 1.165) is 10.6 Å². The SMILES string of the molecule is CC(C)(C)C(=O)COC(=O)c1ccccc1SCc1cccs1. The summed E-state index contributed by atoms with van der Waals surface area (Å²) in [6.07, 6.45) is 0. The topological polar surface area (TPSA) is 43.4 Å². The number of benzene rings is 1. The summed E-state index contributed by atoms with van der Waals surface area (Å²) in [7, 11) is 0. The van der Waals surface area contributed by atoms with Crippen molar-refractivity contribution in [2.45, 2.75) is 31.4 Å². The summed E-state index contributed by atoms with van der Waals surface area (Å²) in [6, 6.07) is 11.4. The molecule has 0 aliphatic rings. The molecule has 0 saturated carbocycles. The number of hydrogen-bond acceptors (Lipinski definition) is 5. The van der Waals surface area contributed by atoms with Gasteiger partial charge in [0.25, 0.3) is 0 Å². The maximum Gasteiger partial charge on any atom is 0.339 e. The van der Waals surface area contributed by atoms with Crippen molar-refractivity contribution in [3.8, 4) is 0 Å². The number of thioether (sulfide) groups is 1. The first-order chi connectivity index (χ1) is 10.9. The van der Waals surface area contributed by atoms with Gasteiger partial charge in [0.2, 0.25) is 0 Å². The highest BCUT2D eigenvalue weighted by atomic mass is 32.2. The Balaban J connectivity index is 2.01. The molecule has 1 aromatic heterocycles. The molecule has 23 heavy (non-hydrogen) atoms. The molecule has 0 amide bonds. The van der Waals surface area contributed by atoms with Gasteiger partial charge in [-0.3, -0.25) is 4.79 Å². The number of carbonyl (C=O) groups excluding carboxylic acids is 2. The third-order valence-corrected chi connectivity index (χ3v) is 5.41. The molecule has 2 aromatic rings. The lowest BCUT2D eigenvalue weighted by Crippen LogP contribution is -2.26. The fourth-order valence-electron chi connectivity index (χ4n) is 1.73. The van der Waals surface area contributed by atoms with E-state index < -0.39 is 11.4 Å². The second kappa shape index (κ2) is 7.79. The summed E-state index contributed by atoms with van der Waals surface area (Å²) in [5, 5.41) is 2.04. The van der Waals surface area contributed by atoms with Gasteiger partial charge < -0.3 is 4.74 Å². The van der Waals surface area contributed by atoms with Gasteiger partial charge in [-0.1, -0.05) is 39.0 Å². The van der Waals surface area contributed by atoms with Crippen LogP contribution >= 0.6 is 23.1 Å². The first kappa shape index (κ1) is 17.8. The highest BCUT2D eigenvalue weighted by molar-refractivity contribution is 7.98. The number of ketones is 1. The van der Waals surface area contributed by atoms with E-state index in [1.165, 1.54) is 4.88 Å². The number of Topliss-reactive ketones (excluding diaryl/α,β-unsaturated/α-hetero) is 1. The minimum atomic E-state index is -0.506. The second-order valence-electron chi connectivity index (χ2n) is 6.11. The van der Waals surface area contributed by atoms with Crippen LogP contribution in [0.25, 0.3) is 0 Å². The van der Waals surface area contributed by atoms with Crippen molar-refractivity contribution < 1.29 is 14.3 Å². The maximum absolute atomic E-state index is 12.3. The molecule has 0 fully saturated rings. The Bertz CT molecular complexity index is 670. The second-order valence-corrected chi connectivity index (χ2v) is 8.16. The van der Waals surface area contributed by atoms with Crippen molar-refractivity contribution in [3.05, 3.63) is 52.2 Å². The van der Waals surface area contributed by atoms with Crippen LogP contribution in [0.15, 0.2) is 46.7 Å². The van der Waals surface area contributed by atoms with Crippen LogP contribution in [0.4, 0.5) is 0 Å². The summed E-state index contributed by atoms with van der Waals surface area (Å²) in [4.78, 5) is 26.3. The largest absolute Gasteiger partial charge is 0.454 e. The number of hydrogen-bond donors (Lipinski definition) is 0. The van der Waals surface area contributed by atoms with Crippen LogP contribution in [-0.4, -0.2) is 18.4 Å². The molecule has 0 bridgehead atoms. The number of ether oxygens (including phenoxy) is 1. The monoisotopic (exact) mass is 348 g/mol. The zero-order valence-corrected chi connectivity index (χ0v) is 15.1. The normalized spacial score (nSPS) is 11.3. The smallest absolute Gasteiger partial charge is 0.339 e. The third-order valence-electron chi connectivity index (χ3n) is 3.23. The number of esters is 1. The van der Waals surface area contributed by atoms with Crippen LogP contribution < -0.4 is 0 Å². The molecule has 1 aromatic carbocycles. The lowest BCUT2D eigenvalue weighted by molar-refractivity contribution is -0.129. The molecule has 122 valence electrons. The molecule has 0 spiro atoms. The summed E-state index contributed by atoms with van der Waals surface area (Å²) in [6.45, 7) is 5.25. The Morgan fingerprint density at radius 2 is 1.87 bits per heavy atom. The van der Waals surface area contributed by atoms with Gasteiger partial charge in [0, 0.05) is 20.9 Å². The van der Waals surface area contributed by atoms with Gasteiger partial charge in [-0.05, 0) is 23.6 Å². The molecule has 2 rings (SSSR count). The highest BCUT2D eigenvalue weighted by Gasteiger charge is 2.23. The first-order valence-corrected chi connectivity index (χ1v) is 9.19. The molecular weight excluding hydrogens is 328 g/mol. The Hall–Kier alpha value is -1.59. The lowest BCUT2D eigenvalue weighted by atomic mass is 9.91. The quantitative estimate of drug-likeness (QED) is 0.555. The van der Waals surface area contributed by atoms with E-state index >= 15 is 0 Å². The van der Waals surface area contributed by atoms with Crippen LogP contribution in [0.2, 0.25) is 0 Å². The van der Waals surface area contributed by atoms with E-state index in [1.54, 1.807) is 35.2 Å². The van der Waals surface area contributed by atoms with Crippen LogP contribution in [-0.2, 0) is 15.3 Å². The van der Waals surface area contributed by atoms with E-state index in [2.05, 4.69) is 6.07 Å². The van der Waals surface area contributed by atoms with Crippen molar-refractivity contribution in [1.29, 1.82) is 0 Å². The fourth-order valence-corrected chi connectivity index (χ4v) is 3.54. The predicted molar refractivity (Wildman–Crippen MR) is 95.1 cm³/mol. The molecule has 0 N–H and O–H groups in total. The Morgan fingerprint density at radius 1 is 1.13 bits per heavy atom. The number of thiophene rings is 1. The summed E-state index contributed by atoms with van der Waals surface area (Å²) < 4.78 is 5.19. The maximum atomic E-state index is 12.3. The highest BCUT2D eigenvalue weighted by Crippen LogP contribution is 2.28. The van der Waals surface area contributed by atoms with Gasteiger partial charge in [-0.25, -0.2) is 4.79 Å². The van der Waals surface area contributed by atoms with Crippen molar-refractivity contribution in [2.24, 2.45) is 5.41 Å². The third kappa shape index (κ3) is 5.22. The van der Waals surface area contributed by atoms with E-state index in [4.69, 9.17) is 4.74 Å². The Labute approximate surface area is 145 Å². The van der Waals surface area contributed by atoms with Crippen molar-refractivity contribution in [3.63, 3.8) is 0 Å². The first-order valence-electron chi connectivity index (χ1n) is 7.32. The Morgan fingerprint density at radius 3 is 2.52 bits per heavy atom. The van der Waals surface area contributed by atoms with Crippen LogP contribution in [0.5, 0.6) is 0 Å². The van der Waals surface area contributed by atoms with Gasteiger partial charge in [0.05, 0.1) is 5.56 Å². The molecular formula is C18H20O3S2. The zero-order valence-electron chi connectivity index (χ0n) is 13.5. The van der Waals surface area contributed by atoms with Crippen molar-refractivity contribution >= 4 is 34.9 Å². The molecule has 5 heteroatoms. The zero-order chi connectivity index (χ0) is 16.9. The van der Waals surface area contributed by atoms with Gasteiger partial charge in [0.1, 0.15) is 0 Å². The Kier molecular flexibility index (Phi) is 6.02. The predicted octanol–water partition coefficient (Wildman–Crippen LogP) is 4.81. The molecule has 0 aliphatic carbocycles. The standard InChI is InChI=1S/C18H20O3S2/c1-18(2,3)16(19)11-21-17(20)14-8-4-5-9-15(14)23-12-13-7-6-10-22-13/h4-10H,11-12H2,1-3H3. The lowest BCUT2D eigenvalue weighted by Gasteiger charge is -2.16. The van der Waals surface area contributed by atoms with Crippen LogP contribution in [0.3, 0.4) is 0 Å². The fraction of sp³-hybridized carbons (Fsp3) is 0.333. The summed E-state index contributed by atoms with van der Waals surface area (Å²) >= 11 is 3.29. The summed E-state index contributed by atoms with van der Waals surface area (Å²) in [5.74, 6) is 0.273. The van der Waals surface area contributed by atoms with Crippen LogP contribution in [0.1, 0.15) is 36.0 Å². The van der Waals surface area contributed by atoms with Gasteiger partial charge in [-0.15, -0.1) is 23.1 Å². The molecule has 0 aliphatic heterocycles. The molecule has 0 atom stereocenters. The molecule has 3 nitrogen and oxygen atoms in total. The molecule has 1 heterocycles. The van der Waals surface area contributed by atoms with Gasteiger partial charge in [0.15, 0.2) is 12.4 Å². The van der Waals surface area contributed by atoms with E-state index in [1.807, 2.05) is 44.4 Å².